The average molecular weight is 168 g/mol. The van der Waals surface area contributed by atoms with Crippen LogP contribution in [-0.4, -0.2) is 36.6 Å². The van der Waals surface area contributed by atoms with Gasteiger partial charge in [0, 0.05) is 25.2 Å². The van der Waals surface area contributed by atoms with Crippen LogP contribution in [0.2, 0.25) is 0 Å². The van der Waals surface area contributed by atoms with Gasteiger partial charge in [-0.15, -0.1) is 0 Å². The van der Waals surface area contributed by atoms with Crippen LogP contribution in [-0.2, 0) is 0 Å². The molecule has 2 heteroatoms. The summed E-state index contributed by atoms with van der Waals surface area (Å²) in [5.41, 5.74) is 0. The van der Waals surface area contributed by atoms with Crippen LogP contribution in [0.15, 0.2) is 0 Å². The quantitative estimate of drug-likeness (QED) is 0.630. The van der Waals surface area contributed by atoms with Crippen LogP contribution in [0.1, 0.15) is 26.7 Å². The van der Waals surface area contributed by atoms with Gasteiger partial charge in [-0.1, -0.05) is 6.92 Å². The molecular weight excluding hydrogens is 148 g/mol. The molecule has 0 radical (unpaired) electrons. The van der Waals surface area contributed by atoms with Crippen LogP contribution in [0.5, 0.6) is 0 Å². The molecule has 2 aliphatic rings. The maximum atomic E-state index is 3.50. The van der Waals surface area contributed by atoms with Gasteiger partial charge in [0.05, 0.1) is 0 Å². The Morgan fingerprint density at radius 3 is 2.58 bits per heavy atom. The number of nitrogens with zero attached hydrogens (tertiary/aromatic N) is 1. The second-order valence-corrected chi connectivity index (χ2v) is 4.59. The molecule has 0 amide bonds. The van der Waals surface area contributed by atoms with E-state index in [2.05, 4.69) is 24.1 Å². The highest BCUT2D eigenvalue weighted by atomic mass is 15.2. The third-order valence-electron chi connectivity index (χ3n) is 3.20. The van der Waals surface area contributed by atoms with Gasteiger partial charge in [0.15, 0.2) is 0 Å². The summed E-state index contributed by atoms with van der Waals surface area (Å²) in [6, 6.07) is 1.62. The first-order chi connectivity index (χ1) is 5.75. The van der Waals surface area contributed by atoms with E-state index < -0.39 is 0 Å². The molecule has 12 heavy (non-hydrogen) atoms. The van der Waals surface area contributed by atoms with Gasteiger partial charge in [-0.05, 0) is 32.2 Å². The Balaban J connectivity index is 1.80. The highest BCUT2D eigenvalue weighted by molar-refractivity contribution is 4.88. The van der Waals surface area contributed by atoms with Gasteiger partial charge < -0.3 is 5.32 Å². The van der Waals surface area contributed by atoms with Gasteiger partial charge in [-0.25, -0.2) is 0 Å². The van der Waals surface area contributed by atoms with Crippen LogP contribution in [0.25, 0.3) is 0 Å². The van der Waals surface area contributed by atoms with E-state index in [1.807, 2.05) is 0 Å². The fraction of sp³-hybridized carbons (Fsp3) is 1.00. The summed E-state index contributed by atoms with van der Waals surface area (Å²) in [5.74, 6) is 0.954. The monoisotopic (exact) mass is 168 g/mol. The summed E-state index contributed by atoms with van der Waals surface area (Å²) in [5, 5.41) is 3.50. The van der Waals surface area contributed by atoms with Crippen molar-refractivity contribution in [3.8, 4) is 0 Å². The van der Waals surface area contributed by atoms with E-state index in [9.17, 15) is 0 Å². The number of piperidine rings is 1. The van der Waals surface area contributed by atoms with Crippen molar-refractivity contribution in [1.29, 1.82) is 0 Å². The minimum Gasteiger partial charge on any atom is -0.314 e. The second kappa shape index (κ2) is 3.35. The molecule has 2 heterocycles. The van der Waals surface area contributed by atoms with Crippen LogP contribution >= 0.6 is 0 Å². The van der Waals surface area contributed by atoms with Crippen molar-refractivity contribution in [2.45, 2.75) is 38.8 Å². The van der Waals surface area contributed by atoms with E-state index in [1.165, 1.54) is 32.5 Å². The van der Waals surface area contributed by atoms with Gasteiger partial charge in [0.2, 0.25) is 0 Å². The third kappa shape index (κ3) is 1.64. The minimum absolute atomic E-state index is 0.736. The van der Waals surface area contributed by atoms with Crippen molar-refractivity contribution in [3.05, 3.63) is 0 Å². The summed E-state index contributed by atoms with van der Waals surface area (Å²) >= 11 is 0. The topological polar surface area (TPSA) is 15.3 Å². The normalized spacial score (nSPS) is 39.5. The van der Waals surface area contributed by atoms with Gasteiger partial charge in [0.1, 0.15) is 0 Å². The molecule has 0 saturated carbocycles. The Bertz CT molecular complexity index is 152. The standard InChI is InChI=1S/C10H20N2/c1-8-6-12(7-8)10-3-4-11-9(2)5-10/h8-11H,3-7H2,1-2H3. The van der Waals surface area contributed by atoms with Crippen LogP contribution in [0.3, 0.4) is 0 Å². The molecule has 2 atom stereocenters. The van der Waals surface area contributed by atoms with Crippen molar-refractivity contribution in [3.63, 3.8) is 0 Å². The van der Waals surface area contributed by atoms with E-state index in [4.69, 9.17) is 0 Å². The number of likely N-dealkylation sites (tertiary alicyclic amines) is 1. The number of hydrogen-bond acceptors (Lipinski definition) is 2. The zero-order valence-electron chi connectivity index (χ0n) is 8.21. The van der Waals surface area contributed by atoms with E-state index in [0.717, 1.165) is 18.0 Å². The molecule has 2 saturated heterocycles. The van der Waals surface area contributed by atoms with E-state index in [-0.39, 0.29) is 0 Å². The Kier molecular flexibility index (Phi) is 2.37. The summed E-state index contributed by atoms with van der Waals surface area (Å²) in [6.07, 6.45) is 2.71. The number of hydrogen-bond donors (Lipinski definition) is 1. The molecule has 0 aliphatic carbocycles. The first-order valence-corrected chi connectivity index (χ1v) is 5.23. The molecule has 70 valence electrons. The molecule has 0 bridgehead atoms. The van der Waals surface area contributed by atoms with Gasteiger partial charge in [0.25, 0.3) is 0 Å². The zero-order valence-corrected chi connectivity index (χ0v) is 8.21. The molecule has 2 rings (SSSR count). The number of rotatable bonds is 1. The molecule has 0 spiro atoms. The molecule has 0 aromatic carbocycles. The molecule has 0 aromatic heterocycles. The van der Waals surface area contributed by atoms with Gasteiger partial charge in [-0.2, -0.15) is 0 Å². The van der Waals surface area contributed by atoms with E-state index in [1.54, 1.807) is 0 Å². The Labute approximate surface area is 75.3 Å². The Morgan fingerprint density at radius 2 is 2.00 bits per heavy atom. The summed E-state index contributed by atoms with van der Waals surface area (Å²) in [4.78, 5) is 2.65. The smallest absolute Gasteiger partial charge is 0.0122 e. The molecule has 2 nitrogen and oxygen atoms in total. The number of nitrogens with one attached hydrogen (secondary N) is 1. The first-order valence-electron chi connectivity index (χ1n) is 5.23. The Morgan fingerprint density at radius 1 is 1.25 bits per heavy atom. The largest absolute Gasteiger partial charge is 0.314 e. The Hall–Kier alpha value is -0.0800. The zero-order chi connectivity index (χ0) is 8.55. The lowest BCUT2D eigenvalue weighted by atomic mass is 9.92. The van der Waals surface area contributed by atoms with Gasteiger partial charge in [-0.3, -0.25) is 4.90 Å². The van der Waals surface area contributed by atoms with Crippen molar-refractivity contribution in [2.24, 2.45) is 5.92 Å². The molecule has 2 aliphatic heterocycles. The maximum Gasteiger partial charge on any atom is 0.0122 e. The van der Waals surface area contributed by atoms with Crippen LogP contribution in [0, 0.1) is 5.92 Å². The first kappa shape index (κ1) is 8.52. The van der Waals surface area contributed by atoms with Crippen LogP contribution in [0.4, 0.5) is 0 Å². The van der Waals surface area contributed by atoms with Crippen molar-refractivity contribution < 1.29 is 0 Å². The van der Waals surface area contributed by atoms with Crippen molar-refractivity contribution in [2.75, 3.05) is 19.6 Å². The lowest BCUT2D eigenvalue weighted by Gasteiger charge is -2.45. The molecular formula is C10H20N2. The lowest BCUT2D eigenvalue weighted by Crippen LogP contribution is -2.55. The second-order valence-electron chi connectivity index (χ2n) is 4.59. The fourth-order valence-corrected chi connectivity index (χ4v) is 2.48. The van der Waals surface area contributed by atoms with Crippen LogP contribution < -0.4 is 5.32 Å². The average Bonchev–Trinajstić information content (AvgIpc) is 1.99. The highest BCUT2D eigenvalue weighted by Gasteiger charge is 2.31. The summed E-state index contributed by atoms with van der Waals surface area (Å²) < 4.78 is 0. The lowest BCUT2D eigenvalue weighted by molar-refractivity contribution is 0.0404. The maximum absolute atomic E-state index is 3.50. The van der Waals surface area contributed by atoms with E-state index in [0.29, 0.717) is 0 Å². The van der Waals surface area contributed by atoms with Gasteiger partial charge >= 0.3 is 0 Å². The minimum atomic E-state index is 0.736. The predicted molar refractivity (Wildman–Crippen MR) is 51.2 cm³/mol. The molecule has 2 unspecified atom stereocenters. The molecule has 0 aromatic rings. The van der Waals surface area contributed by atoms with Crippen molar-refractivity contribution >= 4 is 0 Å². The summed E-state index contributed by atoms with van der Waals surface area (Å²) in [6.45, 7) is 8.56. The highest BCUT2D eigenvalue weighted by Crippen LogP contribution is 2.23. The SMILES string of the molecule is CC1CN(C2CCNC(C)C2)C1. The molecule has 2 fully saturated rings. The predicted octanol–water partition coefficient (Wildman–Crippen LogP) is 1.08. The van der Waals surface area contributed by atoms with E-state index >= 15 is 0 Å². The molecule has 1 N–H and O–H groups in total. The fourth-order valence-electron chi connectivity index (χ4n) is 2.48. The third-order valence-corrected chi connectivity index (χ3v) is 3.20. The summed E-state index contributed by atoms with van der Waals surface area (Å²) in [7, 11) is 0. The van der Waals surface area contributed by atoms with Crippen molar-refractivity contribution in [1.82, 2.24) is 10.2 Å².